The fourth-order valence-electron chi connectivity index (χ4n) is 2.16. The molecule has 0 amide bonds. The average molecular weight is 194 g/mol. The molecule has 0 spiro atoms. The smallest absolute Gasteiger partial charge is 0.121 e. The number of hydrogen-bond acceptors (Lipinski definition) is 3. The minimum absolute atomic E-state index is 0.662. The molecule has 0 aromatic heterocycles. The Balaban J connectivity index is 2.07. The second-order valence-electron chi connectivity index (χ2n) is 3.80. The summed E-state index contributed by atoms with van der Waals surface area (Å²) in [5, 5.41) is 6.64. The van der Waals surface area contributed by atoms with Crippen molar-refractivity contribution in [1.82, 2.24) is 10.6 Å². The minimum Gasteiger partial charge on any atom is -0.497 e. The number of ether oxygens (including phenoxy) is 1. The van der Waals surface area contributed by atoms with Crippen LogP contribution in [-0.4, -0.2) is 26.7 Å². The van der Waals surface area contributed by atoms with Crippen LogP contribution >= 0.6 is 0 Å². The van der Waals surface area contributed by atoms with Crippen LogP contribution in [-0.2, 0) is 4.74 Å². The van der Waals surface area contributed by atoms with Gasteiger partial charge in [-0.2, -0.15) is 0 Å². The molecular weight excluding hydrogens is 176 g/mol. The molecule has 2 rings (SSSR count). The van der Waals surface area contributed by atoms with Crippen LogP contribution in [0.1, 0.15) is 12.8 Å². The highest BCUT2D eigenvalue weighted by molar-refractivity contribution is 5.31. The Hall–Kier alpha value is -0.960. The zero-order chi connectivity index (χ0) is 9.80. The summed E-state index contributed by atoms with van der Waals surface area (Å²) < 4.78 is 5.39. The first kappa shape index (κ1) is 9.59. The molecular formula is C11H18N2O. The van der Waals surface area contributed by atoms with Gasteiger partial charge in [0.1, 0.15) is 5.76 Å². The second-order valence-corrected chi connectivity index (χ2v) is 3.80. The van der Waals surface area contributed by atoms with Crippen LogP contribution in [0, 0.1) is 5.92 Å². The average Bonchev–Trinajstić information content (AvgIpc) is 2.30. The van der Waals surface area contributed by atoms with E-state index in [1.165, 1.54) is 18.4 Å². The van der Waals surface area contributed by atoms with E-state index in [0.29, 0.717) is 5.92 Å². The maximum absolute atomic E-state index is 5.39. The molecule has 0 radical (unpaired) electrons. The SMILES string of the molecule is COC1=CCNC=C1C1CCNCC1. The lowest BCUT2D eigenvalue weighted by atomic mass is 9.88. The highest BCUT2D eigenvalue weighted by Crippen LogP contribution is 2.28. The normalized spacial score (nSPS) is 23.5. The van der Waals surface area contributed by atoms with Crippen molar-refractivity contribution in [2.45, 2.75) is 12.8 Å². The molecule has 14 heavy (non-hydrogen) atoms. The zero-order valence-corrected chi connectivity index (χ0v) is 8.68. The Morgan fingerprint density at radius 2 is 2.14 bits per heavy atom. The molecule has 78 valence electrons. The van der Waals surface area contributed by atoms with Gasteiger partial charge in [-0.25, -0.2) is 0 Å². The molecule has 0 unspecified atom stereocenters. The standard InChI is InChI=1S/C11H18N2O/c1-14-11-4-7-13-8-10(11)9-2-5-12-6-3-9/h4,8-9,12-13H,2-3,5-7H2,1H3. The predicted octanol–water partition coefficient (Wildman–Crippen LogP) is 1.00. The topological polar surface area (TPSA) is 33.3 Å². The van der Waals surface area contributed by atoms with Crippen molar-refractivity contribution < 1.29 is 4.74 Å². The van der Waals surface area contributed by atoms with E-state index in [4.69, 9.17) is 4.74 Å². The van der Waals surface area contributed by atoms with Gasteiger partial charge in [-0.3, -0.25) is 0 Å². The van der Waals surface area contributed by atoms with Crippen LogP contribution < -0.4 is 10.6 Å². The summed E-state index contributed by atoms with van der Waals surface area (Å²) in [6.07, 6.45) is 6.68. The van der Waals surface area contributed by atoms with E-state index in [1.807, 2.05) is 0 Å². The Morgan fingerprint density at radius 3 is 2.86 bits per heavy atom. The van der Waals surface area contributed by atoms with Crippen LogP contribution in [0.4, 0.5) is 0 Å². The Kier molecular flexibility index (Phi) is 3.09. The molecule has 1 saturated heterocycles. The number of nitrogens with one attached hydrogen (secondary N) is 2. The molecule has 2 aliphatic heterocycles. The molecule has 2 N–H and O–H groups in total. The van der Waals surface area contributed by atoms with Crippen LogP contribution in [0.5, 0.6) is 0 Å². The molecule has 1 fully saturated rings. The van der Waals surface area contributed by atoms with Gasteiger partial charge < -0.3 is 15.4 Å². The quantitative estimate of drug-likeness (QED) is 0.688. The molecule has 2 heterocycles. The third kappa shape index (κ3) is 1.93. The van der Waals surface area contributed by atoms with Gasteiger partial charge >= 0.3 is 0 Å². The predicted molar refractivity (Wildman–Crippen MR) is 56.8 cm³/mol. The third-order valence-corrected chi connectivity index (χ3v) is 2.95. The molecule has 0 atom stereocenters. The van der Waals surface area contributed by atoms with Crippen molar-refractivity contribution >= 4 is 0 Å². The van der Waals surface area contributed by atoms with Crippen LogP contribution in [0.25, 0.3) is 0 Å². The maximum atomic E-state index is 5.39. The Bertz CT molecular complexity index is 252. The molecule has 2 aliphatic rings. The highest BCUT2D eigenvalue weighted by atomic mass is 16.5. The first-order valence-electron chi connectivity index (χ1n) is 5.30. The fourth-order valence-corrected chi connectivity index (χ4v) is 2.16. The largest absolute Gasteiger partial charge is 0.497 e. The van der Waals surface area contributed by atoms with E-state index >= 15 is 0 Å². The molecule has 0 aliphatic carbocycles. The number of dihydropyridines is 1. The summed E-state index contributed by atoms with van der Waals surface area (Å²) in [5.74, 6) is 1.73. The summed E-state index contributed by atoms with van der Waals surface area (Å²) in [6, 6.07) is 0. The van der Waals surface area contributed by atoms with Gasteiger partial charge in [0.25, 0.3) is 0 Å². The van der Waals surface area contributed by atoms with E-state index < -0.39 is 0 Å². The lowest BCUT2D eigenvalue weighted by Crippen LogP contribution is -2.30. The molecule has 3 heteroatoms. The lowest BCUT2D eigenvalue weighted by Gasteiger charge is -2.27. The van der Waals surface area contributed by atoms with Gasteiger partial charge in [-0.1, -0.05) is 0 Å². The molecule has 0 bridgehead atoms. The molecule has 0 saturated carbocycles. The summed E-state index contributed by atoms with van der Waals surface area (Å²) in [6.45, 7) is 3.13. The first-order valence-corrected chi connectivity index (χ1v) is 5.30. The van der Waals surface area contributed by atoms with Gasteiger partial charge in [-0.15, -0.1) is 0 Å². The summed E-state index contributed by atoms with van der Waals surface area (Å²) in [4.78, 5) is 0. The molecule has 3 nitrogen and oxygen atoms in total. The van der Waals surface area contributed by atoms with Crippen molar-refractivity contribution in [1.29, 1.82) is 0 Å². The van der Waals surface area contributed by atoms with Gasteiger partial charge in [0.05, 0.1) is 7.11 Å². The minimum atomic E-state index is 0.662. The van der Waals surface area contributed by atoms with E-state index in [-0.39, 0.29) is 0 Å². The van der Waals surface area contributed by atoms with Crippen molar-refractivity contribution in [2.24, 2.45) is 5.92 Å². The van der Waals surface area contributed by atoms with Crippen molar-refractivity contribution in [3.8, 4) is 0 Å². The number of rotatable bonds is 2. The molecule has 0 aromatic carbocycles. The van der Waals surface area contributed by atoms with Gasteiger partial charge in [0.15, 0.2) is 0 Å². The van der Waals surface area contributed by atoms with Gasteiger partial charge in [-0.05, 0) is 37.9 Å². The monoisotopic (exact) mass is 194 g/mol. The summed E-state index contributed by atoms with van der Waals surface area (Å²) in [5.41, 5.74) is 1.35. The molecule has 0 aromatic rings. The fraction of sp³-hybridized carbons (Fsp3) is 0.636. The third-order valence-electron chi connectivity index (χ3n) is 2.95. The van der Waals surface area contributed by atoms with Crippen LogP contribution in [0.15, 0.2) is 23.6 Å². The van der Waals surface area contributed by atoms with Gasteiger partial charge in [0.2, 0.25) is 0 Å². The van der Waals surface area contributed by atoms with E-state index in [1.54, 1.807) is 7.11 Å². The summed E-state index contributed by atoms with van der Waals surface area (Å²) in [7, 11) is 1.76. The van der Waals surface area contributed by atoms with E-state index in [9.17, 15) is 0 Å². The van der Waals surface area contributed by atoms with Crippen molar-refractivity contribution in [3.63, 3.8) is 0 Å². The van der Waals surface area contributed by atoms with Gasteiger partial charge in [0, 0.05) is 18.3 Å². The van der Waals surface area contributed by atoms with Crippen molar-refractivity contribution in [2.75, 3.05) is 26.7 Å². The van der Waals surface area contributed by atoms with Crippen LogP contribution in [0.2, 0.25) is 0 Å². The summed E-state index contributed by atoms with van der Waals surface area (Å²) >= 11 is 0. The van der Waals surface area contributed by atoms with Crippen LogP contribution in [0.3, 0.4) is 0 Å². The first-order chi connectivity index (χ1) is 6.92. The highest BCUT2D eigenvalue weighted by Gasteiger charge is 2.22. The number of piperidine rings is 1. The van der Waals surface area contributed by atoms with E-state index in [2.05, 4.69) is 22.9 Å². The van der Waals surface area contributed by atoms with E-state index in [0.717, 1.165) is 25.4 Å². The second kappa shape index (κ2) is 4.51. The Morgan fingerprint density at radius 1 is 1.36 bits per heavy atom. The number of allylic oxidation sites excluding steroid dienone is 1. The zero-order valence-electron chi connectivity index (χ0n) is 8.68. The number of methoxy groups -OCH3 is 1. The maximum Gasteiger partial charge on any atom is 0.121 e. The lowest BCUT2D eigenvalue weighted by molar-refractivity contribution is 0.279. The van der Waals surface area contributed by atoms with Crippen molar-refractivity contribution in [3.05, 3.63) is 23.6 Å². The number of hydrogen-bond donors (Lipinski definition) is 2. The Labute approximate surface area is 85.2 Å².